The third kappa shape index (κ3) is 3.64. The smallest absolute Gasteiger partial charge is 0.142 e. The highest BCUT2D eigenvalue weighted by Crippen LogP contribution is 2.32. The molecule has 1 aromatic carbocycles. The van der Waals surface area contributed by atoms with Gasteiger partial charge in [-0.1, -0.05) is 39.2 Å². The summed E-state index contributed by atoms with van der Waals surface area (Å²) < 4.78 is 5.19. The average Bonchev–Trinajstić information content (AvgIpc) is 2.40. The number of hydrogen-bond acceptors (Lipinski definition) is 3. The number of aliphatic hydroxyl groups excluding tert-OH is 1. The van der Waals surface area contributed by atoms with E-state index in [9.17, 15) is 5.11 Å². The lowest BCUT2D eigenvalue weighted by Crippen LogP contribution is -2.12. The number of unbranched alkanes of at least 4 members (excludes halogenated alkanes) is 1. The Morgan fingerprint density at radius 1 is 1.33 bits per heavy atom. The van der Waals surface area contributed by atoms with Crippen LogP contribution in [0.15, 0.2) is 18.2 Å². The molecule has 0 aliphatic carbocycles. The van der Waals surface area contributed by atoms with Gasteiger partial charge in [0.15, 0.2) is 0 Å². The van der Waals surface area contributed by atoms with Crippen LogP contribution >= 0.6 is 0 Å². The van der Waals surface area contributed by atoms with Crippen LogP contribution in [0.3, 0.4) is 0 Å². The molecule has 0 saturated heterocycles. The summed E-state index contributed by atoms with van der Waals surface area (Å²) in [6.07, 6.45) is 3.92. The van der Waals surface area contributed by atoms with Crippen LogP contribution in [-0.2, 0) is 0 Å². The molecule has 2 unspecified atom stereocenters. The largest absolute Gasteiger partial charge is 0.495 e. The Bertz CT molecular complexity index is 366. The van der Waals surface area contributed by atoms with E-state index in [-0.39, 0.29) is 0 Å². The summed E-state index contributed by atoms with van der Waals surface area (Å²) in [4.78, 5) is 0. The summed E-state index contributed by atoms with van der Waals surface area (Å²) in [5, 5.41) is 10.4. The van der Waals surface area contributed by atoms with Gasteiger partial charge in [0.1, 0.15) is 5.75 Å². The van der Waals surface area contributed by atoms with Crippen molar-refractivity contribution in [2.45, 2.75) is 45.6 Å². The highest BCUT2D eigenvalue weighted by atomic mass is 16.5. The number of benzene rings is 1. The summed E-state index contributed by atoms with van der Waals surface area (Å²) in [5.41, 5.74) is 7.28. The molecule has 1 rings (SSSR count). The zero-order chi connectivity index (χ0) is 13.5. The van der Waals surface area contributed by atoms with Gasteiger partial charge in [-0.3, -0.25) is 0 Å². The van der Waals surface area contributed by atoms with E-state index >= 15 is 0 Å². The zero-order valence-corrected chi connectivity index (χ0v) is 11.6. The molecule has 3 heteroatoms. The predicted octanol–water partition coefficient (Wildman–Crippen LogP) is 3.53. The van der Waals surface area contributed by atoms with Crippen LogP contribution in [0.1, 0.15) is 51.2 Å². The second kappa shape index (κ2) is 7.27. The third-order valence-corrected chi connectivity index (χ3v) is 3.50. The lowest BCUT2D eigenvalue weighted by Gasteiger charge is -2.22. The second-order valence-electron chi connectivity index (χ2n) is 4.76. The van der Waals surface area contributed by atoms with Crippen molar-refractivity contribution in [3.05, 3.63) is 23.8 Å². The Hall–Kier alpha value is -1.22. The molecule has 0 spiro atoms. The Morgan fingerprint density at radius 2 is 2.06 bits per heavy atom. The SMILES string of the molecule is CCCCC(CC)C(O)c1ccc(N)c(OC)c1. The highest BCUT2D eigenvalue weighted by molar-refractivity contribution is 5.54. The van der Waals surface area contributed by atoms with Gasteiger partial charge in [-0.2, -0.15) is 0 Å². The summed E-state index contributed by atoms with van der Waals surface area (Å²) >= 11 is 0. The first-order valence-corrected chi connectivity index (χ1v) is 6.75. The topological polar surface area (TPSA) is 55.5 Å². The first-order valence-electron chi connectivity index (χ1n) is 6.75. The summed E-state index contributed by atoms with van der Waals surface area (Å²) in [6, 6.07) is 5.52. The maximum atomic E-state index is 10.4. The molecule has 3 N–H and O–H groups in total. The maximum Gasteiger partial charge on any atom is 0.142 e. The van der Waals surface area contributed by atoms with Gasteiger partial charge in [0.2, 0.25) is 0 Å². The quantitative estimate of drug-likeness (QED) is 0.729. The molecule has 0 fully saturated rings. The first-order chi connectivity index (χ1) is 8.63. The van der Waals surface area contributed by atoms with E-state index in [2.05, 4.69) is 13.8 Å². The molecule has 1 aromatic rings. The van der Waals surface area contributed by atoms with Crippen molar-refractivity contribution in [2.24, 2.45) is 5.92 Å². The minimum Gasteiger partial charge on any atom is -0.495 e. The number of hydrogen-bond donors (Lipinski definition) is 2. The summed E-state index contributed by atoms with van der Waals surface area (Å²) in [7, 11) is 1.59. The minimum atomic E-state index is -0.434. The van der Waals surface area contributed by atoms with Crippen molar-refractivity contribution >= 4 is 5.69 Å². The van der Waals surface area contributed by atoms with E-state index in [1.165, 1.54) is 0 Å². The van der Waals surface area contributed by atoms with Gasteiger partial charge >= 0.3 is 0 Å². The lowest BCUT2D eigenvalue weighted by molar-refractivity contribution is 0.0987. The van der Waals surface area contributed by atoms with Crippen LogP contribution in [0.4, 0.5) is 5.69 Å². The molecular weight excluding hydrogens is 226 g/mol. The van der Waals surface area contributed by atoms with Crippen LogP contribution in [0.25, 0.3) is 0 Å². The summed E-state index contributed by atoms with van der Waals surface area (Å²) in [5.74, 6) is 0.940. The predicted molar refractivity (Wildman–Crippen MR) is 75.7 cm³/mol. The molecule has 3 nitrogen and oxygen atoms in total. The number of ether oxygens (including phenoxy) is 1. The van der Waals surface area contributed by atoms with Gasteiger partial charge < -0.3 is 15.6 Å². The Balaban J connectivity index is 2.83. The normalized spacial score (nSPS) is 14.2. The fourth-order valence-electron chi connectivity index (χ4n) is 2.24. The van der Waals surface area contributed by atoms with Crippen molar-refractivity contribution in [1.82, 2.24) is 0 Å². The molecular formula is C15H25NO2. The maximum absolute atomic E-state index is 10.4. The molecule has 0 heterocycles. The number of nitrogens with two attached hydrogens (primary N) is 1. The molecule has 0 saturated carbocycles. The fourth-order valence-corrected chi connectivity index (χ4v) is 2.24. The van der Waals surface area contributed by atoms with Crippen LogP contribution in [-0.4, -0.2) is 12.2 Å². The van der Waals surface area contributed by atoms with Gasteiger partial charge in [-0.05, 0) is 30.0 Å². The minimum absolute atomic E-state index is 0.304. The van der Waals surface area contributed by atoms with Crippen molar-refractivity contribution in [3.8, 4) is 5.75 Å². The molecule has 0 aliphatic heterocycles. The Morgan fingerprint density at radius 3 is 2.61 bits per heavy atom. The van der Waals surface area contributed by atoms with Gasteiger partial charge in [0, 0.05) is 0 Å². The van der Waals surface area contributed by atoms with Crippen molar-refractivity contribution in [1.29, 1.82) is 0 Å². The number of anilines is 1. The van der Waals surface area contributed by atoms with E-state index < -0.39 is 6.10 Å². The van der Waals surface area contributed by atoms with Gasteiger partial charge in [0.25, 0.3) is 0 Å². The van der Waals surface area contributed by atoms with E-state index in [0.29, 0.717) is 17.4 Å². The Kier molecular flexibility index (Phi) is 5.99. The number of aliphatic hydroxyl groups is 1. The van der Waals surface area contributed by atoms with Crippen LogP contribution in [0.2, 0.25) is 0 Å². The van der Waals surface area contributed by atoms with Crippen molar-refractivity contribution in [3.63, 3.8) is 0 Å². The molecule has 0 aromatic heterocycles. The van der Waals surface area contributed by atoms with Gasteiger partial charge in [-0.25, -0.2) is 0 Å². The molecule has 0 aliphatic rings. The molecule has 0 radical (unpaired) electrons. The molecule has 0 amide bonds. The summed E-state index contributed by atoms with van der Waals surface area (Å²) in [6.45, 7) is 4.30. The van der Waals surface area contributed by atoms with Crippen molar-refractivity contribution in [2.75, 3.05) is 12.8 Å². The molecule has 102 valence electrons. The second-order valence-corrected chi connectivity index (χ2v) is 4.76. The van der Waals surface area contributed by atoms with E-state index in [1.54, 1.807) is 13.2 Å². The number of rotatable bonds is 7. The van der Waals surface area contributed by atoms with Crippen LogP contribution in [0.5, 0.6) is 5.75 Å². The lowest BCUT2D eigenvalue weighted by atomic mass is 9.89. The number of methoxy groups -OCH3 is 1. The van der Waals surface area contributed by atoms with Gasteiger partial charge in [0.05, 0.1) is 18.9 Å². The third-order valence-electron chi connectivity index (χ3n) is 3.50. The van der Waals surface area contributed by atoms with Crippen molar-refractivity contribution < 1.29 is 9.84 Å². The molecule has 0 bridgehead atoms. The monoisotopic (exact) mass is 251 g/mol. The first kappa shape index (κ1) is 14.8. The zero-order valence-electron chi connectivity index (χ0n) is 11.6. The van der Waals surface area contributed by atoms with E-state index in [1.807, 2.05) is 12.1 Å². The van der Waals surface area contributed by atoms with E-state index in [4.69, 9.17) is 10.5 Å². The van der Waals surface area contributed by atoms with Crippen LogP contribution in [0, 0.1) is 5.92 Å². The molecule has 2 atom stereocenters. The number of nitrogen functional groups attached to an aromatic ring is 1. The Labute approximate surface area is 110 Å². The fraction of sp³-hybridized carbons (Fsp3) is 0.600. The standard InChI is InChI=1S/C15H25NO2/c1-4-6-7-11(5-2)15(17)12-8-9-13(16)14(10-12)18-3/h8-11,15,17H,4-7,16H2,1-3H3. The highest BCUT2D eigenvalue weighted by Gasteiger charge is 2.19. The average molecular weight is 251 g/mol. The molecule has 18 heavy (non-hydrogen) atoms. The van der Waals surface area contributed by atoms with E-state index in [0.717, 1.165) is 31.2 Å². The van der Waals surface area contributed by atoms with Gasteiger partial charge in [-0.15, -0.1) is 0 Å². The van der Waals surface area contributed by atoms with Crippen LogP contribution < -0.4 is 10.5 Å².